The van der Waals surface area contributed by atoms with Crippen LogP contribution in [0.1, 0.15) is 75.8 Å². The Kier molecular flexibility index (Phi) is 6.60. The molecule has 0 saturated heterocycles. The van der Waals surface area contributed by atoms with Crippen molar-refractivity contribution in [1.29, 1.82) is 0 Å². The lowest BCUT2D eigenvalue weighted by molar-refractivity contribution is 0.363. The van der Waals surface area contributed by atoms with Gasteiger partial charge in [-0.2, -0.15) is 0 Å². The fourth-order valence-electron chi connectivity index (χ4n) is 3.57. The summed E-state index contributed by atoms with van der Waals surface area (Å²) in [6, 6.07) is 3.64. The second-order valence-electron chi connectivity index (χ2n) is 6.54. The molecule has 0 radical (unpaired) electrons. The number of aryl methyl sites for hydroxylation is 1. The fourth-order valence-corrected chi connectivity index (χ4v) is 3.57. The summed E-state index contributed by atoms with van der Waals surface area (Å²) in [6.45, 7) is 4.16. The van der Waals surface area contributed by atoms with E-state index in [1.54, 1.807) is 6.07 Å². The maximum atomic E-state index is 14.4. The van der Waals surface area contributed by atoms with Crippen molar-refractivity contribution in [2.75, 3.05) is 0 Å². The van der Waals surface area contributed by atoms with Crippen molar-refractivity contribution < 1.29 is 8.78 Å². The molecule has 1 saturated carbocycles. The Hall–Kier alpha value is -1.18. The Balaban J connectivity index is 2.05. The number of halogens is 2. The predicted octanol–water partition coefficient (Wildman–Crippen LogP) is 6.55. The summed E-state index contributed by atoms with van der Waals surface area (Å²) in [6.07, 6.45) is 12.1. The molecular weight excluding hydrogens is 278 g/mol. The molecule has 1 aliphatic rings. The van der Waals surface area contributed by atoms with E-state index in [0.29, 0.717) is 23.5 Å². The van der Waals surface area contributed by atoms with Gasteiger partial charge in [0, 0.05) is 0 Å². The van der Waals surface area contributed by atoms with E-state index in [0.717, 1.165) is 44.9 Å². The largest absolute Gasteiger partial charge is 0.203 e. The van der Waals surface area contributed by atoms with Gasteiger partial charge < -0.3 is 0 Å². The van der Waals surface area contributed by atoms with E-state index in [9.17, 15) is 8.78 Å². The minimum atomic E-state index is -0.607. The molecule has 0 atom stereocenters. The first kappa shape index (κ1) is 17.2. The lowest BCUT2D eigenvalue weighted by Crippen LogP contribution is -2.14. The first-order chi connectivity index (χ1) is 10.7. The first-order valence-corrected chi connectivity index (χ1v) is 8.76. The Morgan fingerprint density at radius 2 is 1.77 bits per heavy atom. The highest BCUT2D eigenvalue weighted by molar-refractivity contribution is 5.29. The van der Waals surface area contributed by atoms with Crippen LogP contribution in [-0.2, 0) is 6.42 Å². The van der Waals surface area contributed by atoms with Crippen molar-refractivity contribution >= 4 is 0 Å². The van der Waals surface area contributed by atoms with E-state index in [1.807, 2.05) is 13.0 Å². The molecule has 1 fully saturated rings. The van der Waals surface area contributed by atoms with Crippen LogP contribution in [0.2, 0.25) is 0 Å². The van der Waals surface area contributed by atoms with E-state index in [4.69, 9.17) is 0 Å². The second kappa shape index (κ2) is 8.45. The van der Waals surface area contributed by atoms with Gasteiger partial charge in [-0.1, -0.05) is 44.1 Å². The molecule has 0 spiro atoms. The topological polar surface area (TPSA) is 0 Å². The highest BCUT2D eigenvalue weighted by Gasteiger charge is 2.25. The second-order valence-corrected chi connectivity index (χ2v) is 6.54. The van der Waals surface area contributed by atoms with Crippen molar-refractivity contribution in [2.45, 2.75) is 71.1 Å². The summed E-state index contributed by atoms with van der Waals surface area (Å²) in [5, 5.41) is 0. The third-order valence-electron chi connectivity index (χ3n) is 4.92. The number of unbranched alkanes of at least 4 members (excludes halogenated alkanes) is 2. The van der Waals surface area contributed by atoms with Crippen LogP contribution in [-0.4, -0.2) is 0 Å². The molecule has 0 amide bonds. The molecule has 122 valence electrons. The molecule has 1 aromatic rings. The van der Waals surface area contributed by atoms with E-state index in [-0.39, 0.29) is 5.92 Å². The van der Waals surface area contributed by atoms with Crippen molar-refractivity contribution in [1.82, 2.24) is 0 Å². The lowest BCUT2D eigenvalue weighted by Gasteiger charge is -2.27. The van der Waals surface area contributed by atoms with Gasteiger partial charge in [-0.3, -0.25) is 0 Å². The molecule has 0 N–H and O–H groups in total. The minimum absolute atomic E-state index is 0.181. The quantitative estimate of drug-likeness (QED) is 0.413. The monoisotopic (exact) mass is 306 g/mol. The molecule has 22 heavy (non-hydrogen) atoms. The zero-order chi connectivity index (χ0) is 15.9. The predicted molar refractivity (Wildman–Crippen MR) is 89.1 cm³/mol. The van der Waals surface area contributed by atoms with Crippen LogP contribution in [0.25, 0.3) is 0 Å². The van der Waals surface area contributed by atoms with E-state index in [2.05, 4.69) is 19.1 Å². The minimum Gasteiger partial charge on any atom is -0.203 e. The van der Waals surface area contributed by atoms with Crippen LogP contribution >= 0.6 is 0 Å². The molecule has 1 aliphatic carbocycles. The van der Waals surface area contributed by atoms with Crippen LogP contribution < -0.4 is 0 Å². The molecule has 2 heteroatoms. The Labute approximate surface area is 133 Å². The molecule has 0 nitrogen and oxygen atoms in total. The van der Waals surface area contributed by atoms with Crippen molar-refractivity contribution in [3.63, 3.8) is 0 Å². The van der Waals surface area contributed by atoms with Gasteiger partial charge in [0.1, 0.15) is 0 Å². The number of allylic oxidation sites excluding steroid dienone is 2. The Morgan fingerprint density at radius 3 is 2.41 bits per heavy atom. The zero-order valence-electron chi connectivity index (χ0n) is 13.9. The number of hydrogen-bond donors (Lipinski definition) is 0. The fraction of sp³-hybridized carbons (Fsp3) is 0.600. The van der Waals surface area contributed by atoms with Crippen molar-refractivity contribution in [3.05, 3.63) is 47.0 Å². The maximum absolute atomic E-state index is 14.4. The SMILES string of the molecule is C/C=C/C1CCC(c2ccc(CCCCC)c(F)c2F)CC1. The Bertz CT molecular complexity index is 497. The van der Waals surface area contributed by atoms with Gasteiger partial charge in [-0.15, -0.1) is 0 Å². The molecule has 0 heterocycles. The lowest BCUT2D eigenvalue weighted by atomic mass is 9.78. The average Bonchev–Trinajstić information content (AvgIpc) is 2.53. The van der Waals surface area contributed by atoms with E-state index < -0.39 is 11.6 Å². The normalized spacial score (nSPS) is 22.4. The average molecular weight is 306 g/mol. The smallest absolute Gasteiger partial charge is 0.162 e. The van der Waals surface area contributed by atoms with Gasteiger partial charge in [0.25, 0.3) is 0 Å². The van der Waals surface area contributed by atoms with Crippen molar-refractivity contribution in [3.8, 4) is 0 Å². The van der Waals surface area contributed by atoms with Crippen LogP contribution in [0.15, 0.2) is 24.3 Å². The van der Waals surface area contributed by atoms with Gasteiger partial charge in [0.15, 0.2) is 11.6 Å². The summed E-state index contributed by atoms with van der Waals surface area (Å²) in [7, 11) is 0. The van der Waals surface area contributed by atoms with Gasteiger partial charge in [0.2, 0.25) is 0 Å². The summed E-state index contributed by atoms with van der Waals surface area (Å²) in [5.41, 5.74) is 1.13. The highest BCUT2D eigenvalue weighted by Crippen LogP contribution is 2.38. The van der Waals surface area contributed by atoms with E-state index >= 15 is 0 Å². The van der Waals surface area contributed by atoms with Crippen LogP contribution in [0.4, 0.5) is 8.78 Å². The summed E-state index contributed by atoms with van der Waals surface area (Å²) in [4.78, 5) is 0. The Morgan fingerprint density at radius 1 is 1.05 bits per heavy atom. The molecule has 0 bridgehead atoms. The van der Waals surface area contributed by atoms with Crippen LogP contribution in [0.3, 0.4) is 0 Å². The van der Waals surface area contributed by atoms with Crippen LogP contribution in [0, 0.1) is 17.6 Å². The third kappa shape index (κ3) is 4.18. The van der Waals surface area contributed by atoms with Gasteiger partial charge >= 0.3 is 0 Å². The summed E-state index contributed by atoms with van der Waals surface area (Å²) < 4.78 is 28.7. The molecule has 0 aromatic heterocycles. The van der Waals surface area contributed by atoms with Crippen molar-refractivity contribution in [2.24, 2.45) is 5.92 Å². The number of benzene rings is 1. The van der Waals surface area contributed by atoms with Gasteiger partial charge in [-0.25, -0.2) is 8.78 Å². The maximum Gasteiger partial charge on any atom is 0.162 e. The van der Waals surface area contributed by atoms with Gasteiger partial charge in [-0.05, 0) is 68.4 Å². The molecular formula is C20H28F2. The van der Waals surface area contributed by atoms with Gasteiger partial charge in [0.05, 0.1) is 0 Å². The first-order valence-electron chi connectivity index (χ1n) is 8.76. The summed E-state index contributed by atoms with van der Waals surface area (Å²) >= 11 is 0. The molecule has 0 unspecified atom stereocenters. The zero-order valence-corrected chi connectivity index (χ0v) is 13.9. The highest BCUT2D eigenvalue weighted by atomic mass is 19.2. The van der Waals surface area contributed by atoms with E-state index in [1.165, 1.54) is 0 Å². The molecule has 2 rings (SSSR count). The number of rotatable bonds is 6. The standard InChI is InChI=1S/C20H28F2/c1-3-5-6-8-17-13-14-18(20(22)19(17)21)16-11-9-15(7-4-2)10-12-16/h4,7,13-16H,3,5-6,8-12H2,1-2H3/b7-4+. The van der Waals surface area contributed by atoms with Crippen LogP contribution in [0.5, 0.6) is 0 Å². The summed E-state index contributed by atoms with van der Waals surface area (Å²) in [5.74, 6) is -0.407. The molecule has 0 aliphatic heterocycles. The third-order valence-corrected chi connectivity index (χ3v) is 4.92. The molecule has 1 aromatic carbocycles. The number of hydrogen-bond acceptors (Lipinski definition) is 0.